The molecule has 0 bridgehead atoms. The van der Waals surface area contributed by atoms with Crippen molar-refractivity contribution < 1.29 is 14.2 Å². The molecule has 0 saturated carbocycles. The van der Waals surface area contributed by atoms with Crippen molar-refractivity contribution in [2.75, 3.05) is 39.2 Å². The van der Waals surface area contributed by atoms with E-state index in [2.05, 4.69) is 15.6 Å². The third kappa shape index (κ3) is 6.15. The molecule has 1 heterocycles. The van der Waals surface area contributed by atoms with E-state index in [9.17, 15) is 0 Å². The molecule has 0 saturated heterocycles. The van der Waals surface area contributed by atoms with Crippen LogP contribution >= 0.6 is 35.6 Å². The SMILES string of the molecule is CN=C(NCC(OC)c1cccc(Cl)c1)Nc1ccc2c(c1)OCCCO2.I. The number of rotatable bonds is 5. The maximum atomic E-state index is 6.08. The largest absolute Gasteiger partial charge is 0.490 e. The third-order valence-electron chi connectivity index (χ3n) is 4.19. The van der Waals surface area contributed by atoms with Crippen LogP contribution in [-0.4, -0.2) is 39.9 Å². The molecule has 0 spiro atoms. The molecule has 0 aliphatic carbocycles. The zero-order valence-corrected chi connectivity index (χ0v) is 19.0. The zero-order valence-electron chi connectivity index (χ0n) is 15.9. The first-order valence-corrected chi connectivity index (χ1v) is 9.23. The highest BCUT2D eigenvalue weighted by atomic mass is 127. The average Bonchev–Trinajstić information content (AvgIpc) is 2.92. The highest BCUT2D eigenvalue weighted by Crippen LogP contribution is 2.32. The summed E-state index contributed by atoms with van der Waals surface area (Å²) in [5.41, 5.74) is 1.87. The van der Waals surface area contributed by atoms with Gasteiger partial charge in [-0.25, -0.2) is 0 Å². The summed E-state index contributed by atoms with van der Waals surface area (Å²) in [5.74, 6) is 2.14. The number of aliphatic imine (C=N–C) groups is 1. The zero-order chi connectivity index (χ0) is 19.1. The molecule has 0 fully saturated rings. The maximum Gasteiger partial charge on any atom is 0.195 e. The number of hydrogen-bond acceptors (Lipinski definition) is 4. The minimum Gasteiger partial charge on any atom is -0.490 e. The van der Waals surface area contributed by atoms with Gasteiger partial charge in [0.25, 0.3) is 0 Å². The Bertz CT molecular complexity index is 804. The highest BCUT2D eigenvalue weighted by Gasteiger charge is 2.14. The van der Waals surface area contributed by atoms with Crippen LogP contribution in [0.15, 0.2) is 47.5 Å². The Morgan fingerprint density at radius 2 is 1.96 bits per heavy atom. The van der Waals surface area contributed by atoms with Crippen LogP contribution in [0.5, 0.6) is 11.5 Å². The van der Waals surface area contributed by atoms with Crippen molar-refractivity contribution in [3.63, 3.8) is 0 Å². The normalized spacial score (nSPS) is 14.5. The summed E-state index contributed by atoms with van der Waals surface area (Å²) < 4.78 is 17.0. The fourth-order valence-electron chi connectivity index (χ4n) is 2.79. The van der Waals surface area contributed by atoms with E-state index in [4.69, 9.17) is 25.8 Å². The van der Waals surface area contributed by atoms with Gasteiger partial charge in [-0.1, -0.05) is 23.7 Å². The Kier molecular flexibility index (Phi) is 9.14. The topological polar surface area (TPSA) is 64.1 Å². The first kappa shape index (κ1) is 22.6. The maximum absolute atomic E-state index is 6.08. The Morgan fingerprint density at radius 1 is 1.18 bits per heavy atom. The molecule has 0 aromatic heterocycles. The summed E-state index contributed by atoms with van der Waals surface area (Å²) in [6, 6.07) is 13.4. The molecule has 28 heavy (non-hydrogen) atoms. The number of hydrogen-bond donors (Lipinski definition) is 2. The van der Waals surface area contributed by atoms with Crippen LogP contribution in [0.1, 0.15) is 18.1 Å². The van der Waals surface area contributed by atoms with Crippen molar-refractivity contribution in [1.82, 2.24) is 5.32 Å². The molecular formula is C20H25ClIN3O3. The minimum absolute atomic E-state index is 0. The molecular weight excluding hydrogens is 493 g/mol. The summed E-state index contributed by atoms with van der Waals surface area (Å²) >= 11 is 6.08. The second-order valence-electron chi connectivity index (χ2n) is 6.07. The predicted octanol–water partition coefficient (Wildman–Crippen LogP) is 4.49. The number of ether oxygens (including phenoxy) is 3. The molecule has 6 nitrogen and oxygen atoms in total. The summed E-state index contributed by atoms with van der Waals surface area (Å²) in [4.78, 5) is 4.27. The van der Waals surface area contributed by atoms with Crippen LogP contribution in [0.25, 0.3) is 0 Å². The number of methoxy groups -OCH3 is 1. The molecule has 3 rings (SSSR count). The Hall–Kier alpha value is -1.71. The summed E-state index contributed by atoms with van der Waals surface area (Å²) in [5, 5.41) is 7.23. The van der Waals surface area contributed by atoms with Crippen LogP contribution in [0.2, 0.25) is 5.02 Å². The van der Waals surface area contributed by atoms with Crippen molar-refractivity contribution >= 4 is 47.2 Å². The van der Waals surface area contributed by atoms with Crippen molar-refractivity contribution in [2.45, 2.75) is 12.5 Å². The van der Waals surface area contributed by atoms with E-state index >= 15 is 0 Å². The molecule has 1 aliphatic heterocycles. The predicted molar refractivity (Wildman–Crippen MR) is 124 cm³/mol. The van der Waals surface area contributed by atoms with E-state index in [0.717, 1.165) is 29.2 Å². The first-order chi connectivity index (χ1) is 13.2. The lowest BCUT2D eigenvalue weighted by Crippen LogP contribution is -2.34. The average molecular weight is 518 g/mol. The molecule has 152 valence electrons. The van der Waals surface area contributed by atoms with Crippen LogP contribution < -0.4 is 20.1 Å². The molecule has 1 aliphatic rings. The van der Waals surface area contributed by atoms with Crippen LogP contribution in [0.3, 0.4) is 0 Å². The van der Waals surface area contributed by atoms with Gasteiger partial charge in [0, 0.05) is 43.9 Å². The second-order valence-corrected chi connectivity index (χ2v) is 6.51. The number of anilines is 1. The Labute approximate surface area is 187 Å². The monoisotopic (exact) mass is 517 g/mol. The lowest BCUT2D eigenvalue weighted by atomic mass is 10.1. The summed E-state index contributed by atoms with van der Waals surface area (Å²) in [6.45, 7) is 1.87. The van der Waals surface area contributed by atoms with Gasteiger partial charge in [0.15, 0.2) is 17.5 Å². The number of fused-ring (bicyclic) bond motifs is 1. The highest BCUT2D eigenvalue weighted by molar-refractivity contribution is 14.0. The molecule has 1 atom stereocenters. The fourth-order valence-corrected chi connectivity index (χ4v) is 2.99. The van der Waals surface area contributed by atoms with Crippen LogP contribution in [0, 0.1) is 0 Å². The van der Waals surface area contributed by atoms with E-state index in [1.807, 2.05) is 42.5 Å². The summed E-state index contributed by atoms with van der Waals surface area (Å²) in [7, 11) is 3.40. The van der Waals surface area contributed by atoms with Gasteiger partial charge >= 0.3 is 0 Å². The van der Waals surface area contributed by atoms with Gasteiger partial charge in [-0.2, -0.15) is 0 Å². The van der Waals surface area contributed by atoms with Gasteiger partial charge in [-0.05, 0) is 29.8 Å². The smallest absolute Gasteiger partial charge is 0.195 e. The lowest BCUT2D eigenvalue weighted by molar-refractivity contribution is 0.106. The number of benzene rings is 2. The quantitative estimate of drug-likeness (QED) is 0.348. The molecule has 8 heteroatoms. The second kappa shape index (κ2) is 11.3. The van der Waals surface area contributed by atoms with Crippen LogP contribution in [-0.2, 0) is 4.74 Å². The molecule has 2 aromatic carbocycles. The first-order valence-electron chi connectivity index (χ1n) is 8.85. The van der Waals surface area contributed by atoms with E-state index in [1.165, 1.54) is 0 Å². The van der Waals surface area contributed by atoms with Gasteiger partial charge < -0.3 is 24.8 Å². The van der Waals surface area contributed by atoms with Crippen molar-refractivity contribution in [2.24, 2.45) is 4.99 Å². The van der Waals surface area contributed by atoms with Crippen molar-refractivity contribution in [3.05, 3.63) is 53.1 Å². The van der Waals surface area contributed by atoms with Gasteiger partial charge in [0.1, 0.15) is 0 Å². The van der Waals surface area contributed by atoms with Gasteiger partial charge in [0.2, 0.25) is 0 Å². The standard InChI is InChI=1S/C20H24ClN3O3.HI/c1-22-20(23-13-19(25-2)14-5-3-6-15(21)11-14)24-16-7-8-17-18(12-16)27-10-4-9-26-17;/h3,5-8,11-12,19H,4,9-10,13H2,1-2H3,(H2,22,23,24);1H. The van der Waals surface area contributed by atoms with E-state index in [0.29, 0.717) is 30.7 Å². The molecule has 1 unspecified atom stereocenters. The van der Waals surface area contributed by atoms with E-state index in [1.54, 1.807) is 14.2 Å². The molecule has 2 aromatic rings. The van der Waals surface area contributed by atoms with Gasteiger partial charge in [-0.3, -0.25) is 4.99 Å². The molecule has 2 N–H and O–H groups in total. The van der Waals surface area contributed by atoms with Gasteiger partial charge in [-0.15, -0.1) is 24.0 Å². The van der Waals surface area contributed by atoms with Crippen LogP contribution in [0.4, 0.5) is 5.69 Å². The lowest BCUT2D eigenvalue weighted by Gasteiger charge is -2.19. The number of guanidine groups is 1. The summed E-state index contributed by atoms with van der Waals surface area (Å²) in [6.07, 6.45) is 0.730. The Morgan fingerprint density at radius 3 is 2.68 bits per heavy atom. The third-order valence-corrected chi connectivity index (χ3v) is 4.43. The van der Waals surface area contributed by atoms with E-state index in [-0.39, 0.29) is 30.1 Å². The fraction of sp³-hybridized carbons (Fsp3) is 0.350. The number of nitrogens with one attached hydrogen (secondary N) is 2. The number of nitrogens with zero attached hydrogens (tertiary/aromatic N) is 1. The molecule has 0 radical (unpaired) electrons. The Balaban J connectivity index is 0.00000280. The van der Waals surface area contributed by atoms with Gasteiger partial charge in [0.05, 0.1) is 19.3 Å². The van der Waals surface area contributed by atoms with Crippen molar-refractivity contribution in [3.8, 4) is 11.5 Å². The minimum atomic E-state index is -0.147. The van der Waals surface area contributed by atoms with Crippen molar-refractivity contribution in [1.29, 1.82) is 0 Å². The van der Waals surface area contributed by atoms with E-state index < -0.39 is 0 Å². The molecule has 0 amide bonds. The number of halogens is 2.